The molecule has 0 amide bonds. The van der Waals surface area contributed by atoms with Crippen LogP contribution in [0, 0.1) is 6.92 Å². The van der Waals surface area contributed by atoms with Crippen LogP contribution in [0.3, 0.4) is 0 Å². The number of carboxylic acid groups (broad SMARTS) is 1. The van der Waals surface area contributed by atoms with Gasteiger partial charge in [0.1, 0.15) is 0 Å². The van der Waals surface area contributed by atoms with E-state index in [9.17, 15) is 13.2 Å². The minimum atomic E-state index is -3.39. The normalized spacial score (nSPS) is 21.4. The summed E-state index contributed by atoms with van der Waals surface area (Å²) in [6.07, 6.45) is -0.201. The molecule has 17 heavy (non-hydrogen) atoms. The number of nitrogens with one attached hydrogen (secondary N) is 1. The van der Waals surface area contributed by atoms with Gasteiger partial charge in [-0.15, -0.1) is 0 Å². The van der Waals surface area contributed by atoms with Gasteiger partial charge in [-0.25, -0.2) is 8.42 Å². The van der Waals surface area contributed by atoms with Crippen LogP contribution in [0.5, 0.6) is 0 Å². The van der Waals surface area contributed by atoms with Crippen molar-refractivity contribution in [3.63, 3.8) is 0 Å². The topological polar surface area (TPSA) is 83.5 Å². The first-order valence-electron chi connectivity index (χ1n) is 5.21. The second-order valence-electron chi connectivity index (χ2n) is 4.17. The third kappa shape index (κ3) is 2.26. The zero-order valence-corrected chi connectivity index (χ0v) is 10.1. The summed E-state index contributed by atoms with van der Waals surface area (Å²) in [5.74, 6) is -1.18. The van der Waals surface area contributed by atoms with Gasteiger partial charge in [0.2, 0.25) is 0 Å². The van der Waals surface area contributed by atoms with E-state index in [0.29, 0.717) is 5.69 Å². The van der Waals surface area contributed by atoms with Gasteiger partial charge in [0.05, 0.1) is 28.8 Å². The van der Waals surface area contributed by atoms with Crippen LogP contribution in [-0.4, -0.2) is 31.3 Å². The van der Waals surface area contributed by atoms with E-state index in [1.807, 2.05) is 0 Å². The lowest BCUT2D eigenvalue weighted by Crippen LogP contribution is -2.36. The number of fused-ring (bicyclic) bond motifs is 1. The van der Waals surface area contributed by atoms with Crippen molar-refractivity contribution in [3.8, 4) is 0 Å². The molecule has 1 aromatic carbocycles. The average Bonchev–Trinajstić information content (AvgIpc) is 2.17. The molecule has 0 fully saturated rings. The molecule has 1 aromatic rings. The number of hydrogen-bond donors (Lipinski definition) is 2. The second kappa shape index (κ2) is 4.03. The van der Waals surface area contributed by atoms with Gasteiger partial charge in [0.15, 0.2) is 9.84 Å². The van der Waals surface area contributed by atoms with Gasteiger partial charge >= 0.3 is 5.97 Å². The van der Waals surface area contributed by atoms with Crippen LogP contribution in [0.4, 0.5) is 5.69 Å². The predicted octanol–water partition coefficient (Wildman–Crippen LogP) is 1.04. The number of rotatable bonds is 2. The van der Waals surface area contributed by atoms with Crippen LogP contribution in [0.15, 0.2) is 23.1 Å². The summed E-state index contributed by atoms with van der Waals surface area (Å²) in [6, 6.07) is 4.46. The highest BCUT2D eigenvalue weighted by atomic mass is 32.2. The molecule has 6 heteroatoms. The first-order chi connectivity index (χ1) is 7.90. The van der Waals surface area contributed by atoms with E-state index < -0.39 is 21.8 Å². The number of carboxylic acids is 1. The number of benzene rings is 1. The molecule has 2 rings (SSSR count). The van der Waals surface area contributed by atoms with Crippen LogP contribution < -0.4 is 5.32 Å². The van der Waals surface area contributed by atoms with E-state index in [-0.39, 0.29) is 17.1 Å². The maximum absolute atomic E-state index is 12.0. The van der Waals surface area contributed by atoms with Gasteiger partial charge in [0.25, 0.3) is 0 Å². The van der Waals surface area contributed by atoms with Gasteiger partial charge in [-0.1, -0.05) is 12.1 Å². The van der Waals surface area contributed by atoms with Crippen molar-refractivity contribution >= 4 is 21.5 Å². The molecule has 0 aliphatic carbocycles. The lowest BCUT2D eigenvalue weighted by atomic mass is 10.1. The zero-order chi connectivity index (χ0) is 12.6. The Morgan fingerprint density at radius 2 is 2.24 bits per heavy atom. The second-order valence-corrected chi connectivity index (χ2v) is 6.17. The Morgan fingerprint density at radius 1 is 1.53 bits per heavy atom. The van der Waals surface area contributed by atoms with Crippen LogP contribution >= 0.6 is 0 Å². The molecule has 1 heterocycles. The number of aliphatic carboxylic acids is 1. The molecule has 0 saturated carbocycles. The van der Waals surface area contributed by atoms with Crippen LogP contribution in [0.1, 0.15) is 12.0 Å². The summed E-state index contributed by atoms with van der Waals surface area (Å²) in [4.78, 5) is 10.9. The fourth-order valence-electron chi connectivity index (χ4n) is 2.01. The highest BCUT2D eigenvalue weighted by Gasteiger charge is 2.31. The molecule has 0 bridgehead atoms. The fraction of sp³-hybridized carbons (Fsp3) is 0.364. The highest BCUT2D eigenvalue weighted by molar-refractivity contribution is 7.91. The quantitative estimate of drug-likeness (QED) is 0.825. The number of hydrogen-bond acceptors (Lipinski definition) is 4. The number of aryl methyl sites for hydroxylation is 1. The molecule has 0 saturated heterocycles. The van der Waals surface area contributed by atoms with E-state index in [2.05, 4.69) is 5.32 Å². The minimum absolute atomic E-state index is 0.171. The molecule has 5 nitrogen and oxygen atoms in total. The van der Waals surface area contributed by atoms with Crippen LogP contribution in [-0.2, 0) is 14.6 Å². The smallest absolute Gasteiger partial charge is 0.305 e. The standard InChI is InChI=1S/C11H13NO4S/c1-7-3-2-4-9-11(7)12-8(5-10(13)14)6-17(9,15)16/h2-4,8,12H,5-6H2,1H3,(H,13,14). The summed E-state index contributed by atoms with van der Waals surface area (Å²) >= 11 is 0. The summed E-state index contributed by atoms with van der Waals surface area (Å²) < 4.78 is 24.0. The van der Waals surface area contributed by atoms with E-state index >= 15 is 0 Å². The van der Waals surface area contributed by atoms with Crippen molar-refractivity contribution in [1.82, 2.24) is 0 Å². The molecule has 92 valence electrons. The van der Waals surface area contributed by atoms with Gasteiger partial charge in [-0.2, -0.15) is 0 Å². The molecule has 1 atom stereocenters. The van der Waals surface area contributed by atoms with E-state index in [4.69, 9.17) is 5.11 Å². The lowest BCUT2D eigenvalue weighted by molar-refractivity contribution is -0.137. The first-order valence-corrected chi connectivity index (χ1v) is 6.86. The Kier molecular flexibility index (Phi) is 2.82. The number of para-hydroxylation sites is 1. The van der Waals surface area contributed by atoms with E-state index in [1.54, 1.807) is 25.1 Å². The fourth-order valence-corrected chi connectivity index (χ4v) is 3.73. The van der Waals surface area contributed by atoms with E-state index in [0.717, 1.165) is 5.56 Å². The molecule has 0 radical (unpaired) electrons. The van der Waals surface area contributed by atoms with Gasteiger partial charge in [-0.05, 0) is 18.6 Å². The van der Waals surface area contributed by atoms with Crippen LogP contribution in [0.25, 0.3) is 0 Å². The third-order valence-corrected chi connectivity index (χ3v) is 4.61. The lowest BCUT2D eigenvalue weighted by Gasteiger charge is -2.27. The molecule has 0 spiro atoms. The third-order valence-electron chi connectivity index (χ3n) is 2.76. The summed E-state index contributed by atoms with van der Waals surface area (Å²) in [6.45, 7) is 1.80. The Balaban J connectivity index is 2.45. The van der Waals surface area contributed by atoms with Crippen molar-refractivity contribution in [2.45, 2.75) is 24.3 Å². The molecule has 1 aliphatic heterocycles. The Bertz CT molecular complexity index is 565. The molecule has 1 aliphatic rings. The molecule has 1 unspecified atom stereocenters. The van der Waals surface area contributed by atoms with Crippen molar-refractivity contribution in [2.24, 2.45) is 0 Å². The maximum atomic E-state index is 12.0. The first kappa shape index (κ1) is 11.9. The van der Waals surface area contributed by atoms with Gasteiger partial charge in [-0.3, -0.25) is 4.79 Å². The minimum Gasteiger partial charge on any atom is -0.481 e. The molecular formula is C11H13NO4S. The number of sulfone groups is 1. The van der Waals surface area contributed by atoms with Gasteiger partial charge in [0, 0.05) is 0 Å². The van der Waals surface area contributed by atoms with E-state index in [1.165, 1.54) is 0 Å². The van der Waals surface area contributed by atoms with Crippen LogP contribution in [0.2, 0.25) is 0 Å². The predicted molar refractivity (Wildman–Crippen MR) is 62.9 cm³/mol. The van der Waals surface area contributed by atoms with Crippen molar-refractivity contribution in [1.29, 1.82) is 0 Å². The number of carbonyl (C=O) groups is 1. The SMILES string of the molecule is Cc1cccc2c1NC(CC(=O)O)CS2(=O)=O. The number of anilines is 1. The maximum Gasteiger partial charge on any atom is 0.305 e. The zero-order valence-electron chi connectivity index (χ0n) is 9.30. The largest absolute Gasteiger partial charge is 0.481 e. The Morgan fingerprint density at radius 3 is 2.88 bits per heavy atom. The molecule has 2 N–H and O–H groups in total. The average molecular weight is 255 g/mol. The summed E-state index contributed by atoms with van der Waals surface area (Å²) in [7, 11) is -3.39. The van der Waals surface area contributed by atoms with Crippen molar-refractivity contribution in [2.75, 3.05) is 11.1 Å². The van der Waals surface area contributed by atoms with Crippen molar-refractivity contribution < 1.29 is 18.3 Å². The highest BCUT2D eigenvalue weighted by Crippen LogP contribution is 2.31. The van der Waals surface area contributed by atoms with Gasteiger partial charge < -0.3 is 10.4 Å². The monoisotopic (exact) mass is 255 g/mol. The Hall–Kier alpha value is -1.56. The molecular weight excluding hydrogens is 242 g/mol. The summed E-state index contributed by atoms with van der Waals surface area (Å²) in [5, 5.41) is 11.7. The van der Waals surface area contributed by atoms with Crippen molar-refractivity contribution in [3.05, 3.63) is 23.8 Å². The summed E-state index contributed by atoms with van der Waals surface area (Å²) in [5.41, 5.74) is 1.34. The Labute approximate surface area is 99.4 Å². The molecule has 0 aromatic heterocycles.